The number of fused-ring (bicyclic) bond motifs is 1. The molecule has 0 atom stereocenters. The molecule has 0 spiro atoms. The van der Waals surface area contributed by atoms with Gasteiger partial charge in [0, 0.05) is 11.9 Å². The molecule has 5 heteroatoms. The van der Waals surface area contributed by atoms with Gasteiger partial charge in [-0.15, -0.1) is 0 Å². The number of carbonyl (C=O) groups is 1. The minimum atomic E-state index is -0.994. The molecule has 1 heterocycles. The predicted molar refractivity (Wildman–Crippen MR) is 82.0 cm³/mol. The number of carboxylic acids is 1. The number of rotatable bonds is 7. The van der Waals surface area contributed by atoms with Crippen LogP contribution in [0, 0.1) is 0 Å². The molecule has 5 nitrogen and oxygen atoms in total. The molecule has 0 unspecified atom stereocenters. The summed E-state index contributed by atoms with van der Waals surface area (Å²) >= 11 is 0. The highest BCUT2D eigenvalue weighted by atomic mass is 16.5. The van der Waals surface area contributed by atoms with Gasteiger partial charge in [-0.25, -0.2) is 4.79 Å². The van der Waals surface area contributed by atoms with Crippen LogP contribution in [0.1, 0.15) is 24.2 Å². The zero-order valence-electron chi connectivity index (χ0n) is 12.4. The van der Waals surface area contributed by atoms with Crippen molar-refractivity contribution in [3.63, 3.8) is 0 Å². The Bertz CT molecular complexity index is 624. The van der Waals surface area contributed by atoms with Gasteiger partial charge in [-0.2, -0.15) is 0 Å². The van der Waals surface area contributed by atoms with Crippen molar-refractivity contribution in [1.29, 1.82) is 0 Å². The van der Waals surface area contributed by atoms with Gasteiger partial charge in [0.2, 0.25) is 0 Å². The lowest BCUT2D eigenvalue weighted by Crippen LogP contribution is -2.28. The van der Waals surface area contributed by atoms with Crippen LogP contribution in [-0.2, 0) is 0 Å². The molecule has 1 aromatic heterocycles. The highest BCUT2D eigenvalue weighted by Crippen LogP contribution is 2.26. The van der Waals surface area contributed by atoms with E-state index in [4.69, 9.17) is 4.74 Å². The number of hydrogen-bond acceptors (Lipinski definition) is 4. The largest absolute Gasteiger partial charge is 0.490 e. The van der Waals surface area contributed by atoms with Gasteiger partial charge in [0.25, 0.3) is 0 Å². The molecular weight excluding hydrogens is 268 g/mol. The summed E-state index contributed by atoms with van der Waals surface area (Å²) in [6.07, 6.45) is 1.49. The highest BCUT2D eigenvalue weighted by molar-refractivity contribution is 6.04. The van der Waals surface area contributed by atoms with Crippen LogP contribution >= 0.6 is 0 Å². The van der Waals surface area contributed by atoms with Gasteiger partial charge >= 0.3 is 5.97 Å². The summed E-state index contributed by atoms with van der Waals surface area (Å²) in [4.78, 5) is 18.0. The van der Waals surface area contributed by atoms with Crippen LogP contribution in [-0.4, -0.2) is 47.2 Å². The summed E-state index contributed by atoms with van der Waals surface area (Å²) < 4.78 is 5.66. The first-order valence-corrected chi connectivity index (χ1v) is 7.13. The molecule has 112 valence electrons. The Morgan fingerprint density at radius 1 is 1.29 bits per heavy atom. The van der Waals surface area contributed by atoms with Gasteiger partial charge in [0.15, 0.2) is 5.75 Å². The third kappa shape index (κ3) is 3.49. The Hall–Kier alpha value is -2.14. The van der Waals surface area contributed by atoms with E-state index < -0.39 is 5.97 Å². The van der Waals surface area contributed by atoms with Gasteiger partial charge in [0.05, 0.1) is 11.7 Å². The average molecular weight is 288 g/mol. The number of likely N-dealkylation sites (N-methyl/N-ethyl adjacent to an activating group) is 1. The van der Waals surface area contributed by atoms with Crippen LogP contribution in [0.4, 0.5) is 0 Å². The Kier molecular flexibility index (Phi) is 5.11. The summed E-state index contributed by atoms with van der Waals surface area (Å²) in [6, 6.07) is 7.18. The molecule has 0 aliphatic heterocycles. The van der Waals surface area contributed by atoms with E-state index in [9.17, 15) is 9.90 Å². The highest BCUT2D eigenvalue weighted by Gasteiger charge is 2.16. The lowest BCUT2D eigenvalue weighted by atomic mass is 10.1. The smallest absolute Gasteiger partial charge is 0.340 e. The number of hydrogen-bond donors (Lipinski definition) is 1. The topological polar surface area (TPSA) is 62.7 Å². The number of nitrogens with zero attached hydrogens (tertiary/aromatic N) is 2. The second-order valence-electron chi connectivity index (χ2n) is 4.70. The van der Waals surface area contributed by atoms with Crippen molar-refractivity contribution in [2.45, 2.75) is 13.8 Å². The molecule has 0 amide bonds. The minimum absolute atomic E-state index is 0.181. The van der Waals surface area contributed by atoms with E-state index in [1.165, 1.54) is 6.20 Å². The average Bonchev–Trinajstić information content (AvgIpc) is 2.50. The lowest BCUT2D eigenvalue weighted by Gasteiger charge is -2.18. The standard InChI is InChI=1S/C16H20N2O3/c1-3-18(4-2)9-10-21-14-11-17-13-8-6-5-7-12(13)15(14)16(19)20/h5-8,11H,3-4,9-10H2,1-2H3,(H,19,20). The first kappa shape index (κ1) is 15.3. The molecule has 0 saturated heterocycles. The Balaban J connectivity index is 2.23. The molecule has 0 saturated carbocycles. The first-order valence-electron chi connectivity index (χ1n) is 7.13. The molecular formula is C16H20N2O3. The molecule has 0 fully saturated rings. The number of benzene rings is 1. The molecule has 1 N–H and O–H groups in total. The molecule has 0 bridgehead atoms. The Labute approximate surface area is 124 Å². The molecule has 1 aromatic carbocycles. The number of aromatic nitrogens is 1. The quantitative estimate of drug-likeness (QED) is 0.848. The van der Waals surface area contributed by atoms with Crippen molar-refractivity contribution in [3.8, 4) is 5.75 Å². The van der Waals surface area contributed by atoms with Gasteiger partial charge < -0.3 is 14.7 Å². The van der Waals surface area contributed by atoms with Crippen molar-refractivity contribution in [3.05, 3.63) is 36.0 Å². The van der Waals surface area contributed by atoms with Crippen LogP contribution in [0.25, 0.3) is 10.9 Å². The first-order chi connectivity index (χ1) is 10.2. The van der Waals surface area contributed by atoms with E-state index in [0.717, 1.165) is 19.6 Å². The van der Waals surface area contributed by atoms with Crippen LogP contribution in [0.5, 0.6) is 5.75 Å². The van der Waals surface area contributed by atoms with Crippen LogP contribution in [0.3, 0.4) is 0 Å². The maximum atomic E-state index is 11.5. The molecule has 21 heavy (non-hydrogen) atoms. The normalized spacial score (nSPS) is 11.0. The molecule has 0 radical (unpaired) electrons. The van der Waals surface area contributed by atoms with Gasteiger partial charge in [-0.05, 0) is 19.2 Å². The second-order valence-corrected chi connectivity index (χ2v) is 4.70. The summed E-state index contributed by atoms with van der Waals surface area (Å²) in [6.45, 7) is 7.28. The number of pyridine rings is 1. The summed E-state index contributed by atoms with van der Waals surface area (Å²) in [5.74, 6) is -0.667. The number of ether oxygens (including phenoxy) is 1. The second kappa shape index (κ2) is 7.04. The Morgan fingerprint density at radius 3 is 2.67 bits per heavy atom. The van der Waals surface area contributed by atoms with E-state index in [-0.39, 0.29) is 5.56 Å². The van der Waals surface area contributed by atoms with Crippen molar-refractivity contribution in [2.24, 2.45) is 0 Å². The maximum Gasteiger partial charge on any atom is 0.340 e. The van der Waals surface area contributed by atoms with E-state index in [2.05, 4.69) is 23.7 Å². The fourth-order valence-electron chi connectivity index (χ4n) is 2.28. The maximum absolute atomic E-state index is 11.5. The van der Waals surface area contributed by atoms with E-state index >= 15 is 0 Å². The SMILES string of the molecule is CCN(CC)CCOc1cnc2ccccc2c1C(=O)O. The number of carboxylic acid groups (broad SMARTS) is 1. The van der Waals surface area contributed by atoms with Crippen LogP contribution in [0.2, 0.25) is 0 Å². The van der Waals surface area contributed by atoms with Crippen molar-refractivity contribution in [2.75, 3.05) is 26.2 Å². The van der Waals surface area contributed by atoms with Gasteiger partial charge in [0.1, 0.15) is 12.2 Å². The molecule has 0 aliphatic carbocycles. The van der Waals surface area contributed by atoms with Crippen molar-refractivity contribution >= 4 is 16.9 Å². The number of para-hydroxylation sites is 1. The van der Waals surface area contributed by atoms with Crippen molar-refractivity contribution in [1.82, 2.24) is 9.88 Å². The van der Waals surface area contributed by atoms with Crippen LogP contribution < -0.4 is 4.74 Å². The van der Waals surface area contributed by atoms with Crippen molar-refractivity contribution < 1.29 is 14.6 Å². The van der Waals surface area contributed by atoms with E-state index in [1.54, 1.807) is 18.2 Å². The summed E-state index contributed by atoms with van der Waals surface area (Å²) in [5, 5.41) is 10.0. The Morgan fingerprint density at radius 2 is 2.00 bits per heavy atom. The molecule has 2 rings (SSSR count). The monoisotopic (exact) mass is 288 g/mol. The fourth-order valence-corrected chi connectivity index (χ4v) is 2.28. The molecule has 0 aliphatic rings. The van der Waals surface area contributed by atoms with Gasteiger partial charge in [-0.3, -0.25) is 4.98 Å². The number of aromatic carboxylic acids is 1. The van der Waals surface area contributed by atoms with E-state index in [1.807, 2.05) is 6.07 Å². The zero-order chi connectivity index (χ0) is 15.2. The fraction of sp³-hybridized carbons (Fsp3) is 0.375. The lowest BCUT2D eigenvalue weighted by molar-refractivity contribution is 0.0694. The third-order valence-corrected chi connectivity index (χ3v) is 3.51. The zero-order valence-corrected chi connectivity index (χ0v) is 12.4. The van der Waals surface area contributed by atoms with Gasteiger partial charge in [-0.1, -0.05) is 32.0 Å². The molecule has 2 aromatic rings. The summed E-state index contributed by atoms with van der Waals surface area (Å²) in [7, 11) is 0. The third-order valence-electron chi connectivity index (χ3n) is 3.51. The van der Waals surface area contributed by atoms with E-state index in [0.29, 0.717) is 23.3 Å². The summed E-state index contributed by atoms with van der Waals surface area (Å²) in [5.41, 5.74) is 0.839. The minimum Gasteiger partial charge on any atom is -0.490 e. The predicted octanol–water partition coefficient (Wildman–Crippen LogP) is 2.65. The van der Waals surface area contributed by atoms with Crippen LogP contribution in [0.15, 0.2) is 30.5 Å².